The van der Waals surface area contributed by atoms with E-state index in [1.807, 2.05) is 6.08 Å². The Kier molecular flexibility index (Phi) is 26.8. The van der Waals surface area contributed by atoms with E-state index in [0.29, 0.717) is 112 Å². The van der Waals surface area contributed by atoms with Crippen molar-refractivity contribution < 1.29 is 37.9 Å². The molecule has 0 radical (unpaired) electrons. The van der Waals surface area contributed by atoms with Crippen LogP contribution in [0.5, 0.6) is 0 Å². The summed E-state index contributed by atoms with van der Waals surface area (Å²) >= 11 is 0. The van der Waals surface area contributed by atoms with Gasteiger partial charge in [0.15, 0.2) is 0 Å². The lowest BCUT2D eigenvalue weighted by Crippen LogP contribution is -2.15. The van der Waals surface area contributed by atoms with E-state index in [4.69, 9.17) is 43.6 Å². The Labute approximate surface area is 175 Å². The van der Waals surface area contributed by atoms with Crippen molar-refractivity contribution in [3.63, 3.8) is 0 Å². The molecule has 0 unspecified atom stereocenters. The molecule has 0 fully saturated rings. The van der Waals surface area contributed by atoms with Gasteiger partial charge in [0.1, 0.15) is 0 Å². The monoisotopic (exact) mass is 423 g/mol. The van der Waals surface area contributed by atoms with Crippen molar-refractivity contribution in [2.75, 3.05) is 112 Å². The summed E-state index contributed by atoms with van der Waals surface area (Å²) in [7, 11) is 0. The SMILES string of the molecule is C=CCCOCCOCCOCCOCCOCCOCCOCCOCCN. The molecule has 0 saturated carbocycles. The molecule has 0 atom stereocenters. The van der Waals surface area contributed by atoms with E-state index in [2.05, 4.69) is 6.58 Å². The lowest BCUT2D eigenvalue weighted by molar-refractivity contribution is -0.0228. The number of rotatable bonds is 26. The zero-order valence-electron chi connectivity index (χ0n) is 17.9. The maximum Gasteiger partial charge on any atom is 0.0701 e. The summed E-state index contributed by atoms with van der Waals surface area (Å²) in [5.74, 6) is 0. The molecule has 0 heterocycles. The van der Waals surface area contributed by atoms with Crippen LogP contribution in [0.3, 0.4) is 0 Å². The number of hydrogen-bond acceptors (Lipinski definition) is 9. The standard InChI is InChI=1S/C20H41NO8/c1-2-3-5-22-7-9-24-11-13-26-15-17-28-19-20-29-18-16-27-14-12-25-10-8-23-6-4-21/h2H,1,3-21H2. The molecule has 9 nitrogen and oxygen atoms in total. The van der Waals surface area contributed by atoms with Crippen LogP contribution in [-0.2, 0) is 37.9 Å². The minimum Gasteiger partial charge on any atom is -0.379 e. The van der Waals surface area contributed by atoms with E-state index in [1.54, 1.807) is 0 Å². The fourth-order valence-electron chi connectivity index (χ4n) is 1.89. The minimum atomic E-state index is 0.533. The van der Waals surface area contributed by atoms with Gasteiger partial charge in [0.05, 0.1) is 106 Å². The highest BCUT2D eigenvalue weighted by Gasteiger charge is 1.94. The van der Waals surface area contributed by atoms with Crippen LogP contribution in [0.15, 0.2) is 12.7 Å². The molecule has 0 aliphatic carbocycles. The number of hydrogen-bond donors (Lipinski definition) is 1. The van der Waals surface area contributed by atoms with E-state index < -0.39 is 0 Å². The van der Waals surface area contributed by atoms with Crippen molar-refractivity contribution in [1.29, 1.82) is 0 Å². The molecule has 2 N–H and O–H groups in total. The fraction of sp³-hybridized carbons (Fsp3) is 0.900. The molecule has 0 aliphatic rings. The molecule has 0 amide bonds. The van der Waals surface area contributed by atoms with Gasteiger partial charge < -0.3 is 43.6 Å². The van der Waals surface area contributed by atoms with Crippen molar-refractivity contribution in [1.82, 2.24) is 0 Å². The second kappa shape index (κ2) is 27.4. The van der Waals surface area contributed by atoms with E-state index >= 15 is 0 Å². The Bertz CT molecular complexity index is 310. The van der Waals surface area contributed by atoms with Crippen LogP contribution in [0.1, 0.15) is 6.42 Å². The minimum absolute atomic E-state index is 0.533. The third-order valence-electron chi connectivity index (χ3n) is 3.33. The van der Waals surface area contributed by atoms with Gasteiger partial charge in [-0.3, -0.25) is 0 Å². The summed E-state index contributed by atoms with van der Waals surface area (Å²) in [4.78, 5) is 0. The molecular formula is C20H41NO8. The third kappa shape index (κ3) is 27.4. The van der Waals surface area contributed by atoms with Crippen LogP contribution in [0.4, 0.5) is 0 Å². The first-order chi connectivity index (χ1) is 14.4. The summed E-state index contributed by atoms with van der Waals surface area (Å²) in [6.07, 6.45) is 2.70. The largest absolute Gasteiger partial charge is 0.379 e. The van der Waals surface area contributed by atoms with Crippen molar-refractivity contribution in [3.05, 3.63) is 12.7 Å². The first kappa shape index (κ1) is 28.4. The smallest absolute Gasteiger partial charge is 0.0701 e. The van der Waals surface area contributed by atoms with E-state index in [1.165, 1.54) is 0 Å². The Balaban J connectivity index is 2.97. The van der Waals surface area contributed by atoms with Gasteiger partial charge >= 0.3 is 0 Å². The molecule has 0 aliphatic heterocycles. The Hall–Kier alpha value is -0.620. The highest BCUT2D eigenvalue weighted by molar-refractivity contribution is 4.64. The maximum atomic E-state index is 5.42. The van der Waals surface area contributed by atoms with E-state index in [9.17, 15) is 0 Å². The van der Waals surface area contributed by atoms with Gasteiger partial charge in [-0.2, -0.15) is 0 Å². The van der Waals surface area contributed by atoms with Crippen LogP contribution < -0.4 is 5.73 Å². The summed E-state index contributed by atoms with van der Waals surface area (Å²) in [6, 6.07) is 0. The molecule has 29 heavy (non-hydrogen) atoms. The maximum absolute atomic E-state index is 5.42. The highest BCUT2D eigenvalue weighted by atomic mass is 16.6. The summed E-state index contributed by atoms with van der Waals surface area (Å²) in [5, 5.41) is 0. The first-order valence-corrected chi connectivity index (χ1v) is 10.3. The van der Waals surface area contributed by atoms with Gasteiger partial charge in [0, 0.05) is 6.54 Å². The van der Waals surface area contributed by atoms with Gasteiger partial charge in [-0.05, 0) is 6.42 Å². The van der Waals surface area contributed by atoms with Crippen LogP contribution in [0, 0.1) is 0 Å². The molecule has 0 saturated heterocycles. The lowest BCUT2D eigenvalue weighted by atomic mass is 10.5. The predicted molar refractivity (Wildman–Crippen MR) is 110 cm³/mol. The summed E-state index contributed by atoms with van der Waals surface area (Å²) < 4.78 is 42.9. The van der Waals surface area contributed by atoms with Crippen molar-refractivity contribution in [2.24, 2.45) is 5.73 Å². The van der Waals surface area contributed by atoms with E-state index in [0.717, 1.165) is 6.42 Å². The van der Waals surface area contributed by atoms with Crippen LogP contribution in [0.2, 0.25) is 0 Å². The van der Waals surface area contributed by atoms with Crippen molar-refractivity contribution >= 4 is 0 Å². The summed E-state index contributed by atoms with van der Waals surface area (Å²) in [6.45, 7) is 13.1. The quantitative estimate of drug-likeness (QED) is 0.159. The van der Waals surface area contributed by atoms with Gasteiger partial charge in [0.25, 0.3) is 0 Å². The molecule has 0 aromatic heterocycles. The molecule has 0 bridgehead atoms. The van der Waals surface area contributed by atoms with E-state index in [-0.39, 0.29) is 0 Å². The third-order valence-corrected chi connectivity index (χ3v) is 3.33. The van der Waals surface area contributed by atoms with Crippen LogP contribution in [0.25, 0.3) is 0 Å². The van der Waals surface area contributed by atoms with Gasteiger partial charge in [-0.1, -0.05) is 6.08 Å². The molecule has 174 valence electrons. The number of ether oxygens (including phenoxy) is 8. The topological polar surface area (TPSA) is 99.9 Å². The second-order valence-corrected chi connectivity index (χ2v) is 5.77. The molecule has 0 aromatic rings. The van der Waals surface area contributed by atoms with Crippen molar-refractivity contribution in [3.8, 4) is 0 Å². The molecule has 0 spiro atoms. The number of nitrogens with two attached hydrogens (primary N) is 1. The molecule has 9 heteroatoms. The Morgan fingerprint density at radius 1 is 0.414 bits per heavy atom. The highest BCUT2D eigenvalue weighted by Crippen LogP contribution is 1.86. The zero-order chi connectivity index (χ0) is 21.1. The average Bonchev–Trinajstić information content (AvgIpc) is 2.74. The van der Waals surface area contributed by atoms with Gasteiger partial charge in [0.2, 0.25) is 0 Å². The molecule has 0 aromatic carbocycles. The Morgan fingerprint density at radius 2 is 0.655 bits per heavy atom. The summed E-state index contributed by atoms with van der Waals surface area (Å²) in [5.41, 5.74) is 5.31. The second-order valence-electron chi connectivity index (χ2n) is 5.77. The lowest BCUT2D eigenvalue weighted by Gasteiger charge is -2.08. The fourth-order valence-corrected chi connectivity index (χ4v) is 1.89. The van der Waals surface area contributed by atoms with Gasteiger partial charge in [-0.25, -0.2) is 0 Å². The average molecular weight is 424 g/mol. The normalized spacial score (nSPS) is 11.2. The molecular weight excluding hydrogens is 382 g/mol. The van der Waals surface area contributed by atoms with Crippen LogP contribution in [-0.4, -0.2) is 112 Å². The molecule has 0 rings (SSSR count). The first-order valence-electron chi connectivity index (χ1n) is 10.3. The van der Waals surface area contributed by atoms with Crippen molar-refractivity contribution in [2.45, 2.75) is 6.42 Å². The zero-order valence-corrected chi connectivity index (χ0v) is 17.9. The Morgan fingerprint density at radius 3 is 0.897 bits per heavy atom. The predicted octanol–water partition coefficient (Wildman–Crippen LogP) is 0.654. The van der Waals surface area contributed by atoms with Gasteiger partial charge in [-0.15, -0.1) is 6.58 Å². The van der Waals surface area contributed by atoms with Crippen LogP contribution >= 0.6 is 0 Å².